The topological polar surface area (TPSA) is 181 Å². The molecule has 16 heteroatoms. The Kier molecular flexibility index (Phi) is 24.9. The summed E-state index contributed by atoms with van der Waals surface area (Å²) >= 11 is 0. The van der Waals surface area contributed by atoms with Crippen molar-refractivity contribution in [3.63, 3.8) is 0 Å². The third-order valence-corrected chi connectivity index (χ3v) is 5.16. The molecule has 43 heavy (non-hydrogen) atoms. The summed E-state index contributed by atoms with van der Waals surface area (Å²) in [5.41, 5.74) is -0.521. The maximum absolute atomic E-state index is 11.1. The average molecular weight is 620 g/mol. The molecule has 1 aromatic rings. The van der Waals surface area contributed by atoms with Crippen molar-refractivity contribution in [2.45, 2.75) is 0 Å². The maximum atomic E-state index is 11.1. The number of rotatable bonds is 32. The van der Waals surface area contributed by atoms with E-state index >= 15 is 0 Å². The van der Waals surface area contributed by atoms with E-state index in [0.29, 0.717) is 119 Å². The lowest BCUT2D eigenvalue weighted by atomic mass is 10.2. The summed E-state index contributed by atoms with van der Waals surface area (Å²) in [5.74, 6) is 0. The SMILES string of the molecule is C=CCOCCOCCOCCOCCOCCOCCOCCOCCOCCNc1ccc([N+](=O)[O-])cc1[N+](=O)[O-]. The number of nitrogens with zero attached hydrogens (tertiary/aromatic N) is 2. The molecule has 0 saturated heterocycles. The molecular formula is C27H45N3O13. The second-order valence-corrected chi connectivity index (χ2v) is 8.41. The van der Waals surface area contributed by atoms with Gasteiger partial charge >= 0.3 is 0 Å². The van der Waals surface area contributed by atoms with Gasteiger partial charge in [-0.05, 0) is 6.07 Å². The van der Waals surface area contributed by atoms with E-state index < -0.39 is 9.85 Å². The molecule has 1 N–H and O–H groups in total. The zero-order valence-electron chi connectivity index (χ0n) is 24.7. The minimum atomic E-state index is -0.681. The molecule has 0 aliphatic carbocycles. The van der Waals surface area contributed by atoms with Gasteiger partial charge < -0.3 is 47.9 Å². The highest BCUT2D eigenvalue weighted by Crippen LogP contribution is 2.28. The van der Waals surface area contributed by atoms with E-state index in [1.807, 2.05) is 0 Å². The van der Waals surface area contributed by atoms with Crippen LogP contribution < -0.4 is 5.32 Å². The number of nitro benzene ring substituents is 2. The van der Waals surface area contributed by atoms with Gasteiger partial charge in [0, 0.05) is 12.6 Å². The summed E-state index contributed by atoms with van der Waals surface area (Å²) in [5, 5.41) is 24.7. The summed E-state index contributed by atoms with van der Waals surface area (Å²) in [4.78, 5) is 20.6. The first-order chi connectivity index (χ1) is 21.1. The van der Waals surface area contributed by atoms with Crippen molar-refractivity contribution >= 4 is 17.1 Å². The standard InChI is InChI=1S/C27H45N3O13/c1-2-6-35-8-10-37-12-14-39-16-18-41-20-22-43-23-21-42-19-17-40-15-13-38-11-9-36-7-5-28-26-4-3-25(29(31)32)24-27(26)30(33)34/h2-4,24,28H,1,5-23H2. The first-order valence-electron chi connectivity index (χ1n) is 14.0. The molecule has 0 aliphatic rings. The number of nitrogens with one attached hydrogen (secondary N) is 1. The van der Waals surface area contributed by atoms with Gasteiger partial charge in [-0.2, -0.15) is 0 Å². The smallest absolute Gasteiger partial charge is 0.299 e. The fraction of sp³-hybridized carbons (Fsp3) is 0.704. The number of benzene rings is 1. The fourth-order valence-electron chi connectivity index (χ4n) is 3.12. The van der Waals surface area contributed by atoms with Crippen LogP contribution >= 0.6 is 0 Å². The van der Waals surface area contributed by atoms with Gasteiger partial charge in [0.05, 0.1) is 135 Å². The Balaban J connectivity index is 1.77. The molecule has 0 aromatic heterocycles. The Morgan fingerprint density at radius 1 is 0.581 bits per heavy atom. The lowest BCUT2D eigenvalue weighted by Crippen LogP contribution is -2.15. The second kappa shape index (κ2) is 28.0. The monoisotopic (exact) mass is 619 g/mol. The van der Waals surface area contributed by atoms with Gasteiger partial charge in [0.25, 0.3) is 11.4 Å². The van der Waals surface area contributed by atoms with Crippen LogP contribution in [0.2, 0.25) is 0 Å². The molecule has 0 fully saturated rings. The van der Waals surface area contributed by atoms with Crippen molar-refractivity contribution in [1.82, 2.24) is 0 Å². The van der Waals surface area contributed by atoms with Gasteiger partial charge in [-0.1, -0.05) is 6.08 Å². The summed E-state index contributed by atoms with van der Waals surface area (Å²) in [6, 6.07) is 3.43. The van der Waals surface area contributed by atoms with Crippen molar-refractivity contribution in [2.24, 2.45) is 0 Å². The van der Waals surface area contributed by atoms with Gasteiger partial charge in [0.2, 0.25) is 0 Å². The molecule has 1 rings (SSSR count). The minimum Gasteiger partial charge on any atom is -0.377 e. The number of anilines is 1. The Morgan fingerprint density at radius 2 is 0.953 bits per heavy atom. The Labute approximate surface area is 251 Å². The van der Waals surface area contributed by atoms with Crippen LogP contribution in [-0.4, -0.2) is 135 Å². The lowest BCUT2D eigenvalue weighted by molar-refractivity contribution is -0.393. The largest absolute Gasteiger partial charge is 0.377 e. The predicted octanol–water partition coefficient (Wildman–Crippen LogP) is 2.25. The number of nitro groups is 2. The molecule has 0 aliphatic heterocycles. The first-order valence-corrected chi connectivity index (χ1v) is 14.0. The molecule has 0 amide bonds. The van der Waals surface area contributed by atoms with Crippen LogP contribution in [0.5, 0.6) is 0 Å². The molecular weight excluding hydrogens is 574 g/mol. The highest BCUT2D eigenvalue weighted by Gasteiger charge is 2.19. The molecule has 0 saturated carbocycles. The maximum Gasteiger partial charge on any atom is 0.299 e. The Bertz CT molecular complexity index is 863. The molecule has 0 atom stereocenters. The van der Waals surface area contributed by atoms with Crippen LogP contribution in [0.4, 0.5) is 17.1 Å². The second-order valence-electron chi connectivity index (χ2n) is 8.41. The Morgan fingerprint density at radius 3 is 1.30 bits per heavy atom. The van der Waals surface area contributed by atoms with Crippen LogP contribution in [0.25, 0.3) is 0 Å². The molecule has 0 radical (unpaired) electrons. The number of hydrogen-bond donors (Lipinski definition) is 1. The normalized spacial score (nSPS) is 11.1. The highest BCUT2D eigenvalue weighted by molar-refractivity contribution is 5.65. The van der Waals surface area contributed by atoms with Crippen LogP contribution in [0, 0.1) is 20.2 Å². The quantitative estimate of drug-likeness (QED) is 0.0536. The molecule has 246 valence electrons. The molecule has 16 nitrogen and oxygen atoms in total. The Hall–Kier alpha value is -2.80. The van der Waals surface area contributed by atoms with E-state index in [2.05, 4.69) is 11.9 Å². The van der Waals surface area contributed by atoms with Gasteiger partial charge in [-0.3, -0.25) is 20.2 Å². The van der Waals surface area contributed by atoms with Gasteiger partial charge in [0.1, 0.15) is 5.69 Å². The third kappa shape index (κ3) is 22.4. The number of hydrogen-bond acceptors (Lipinski definition) is 14. The first kappa shape index (κ1) is 38.2. The van der Waals surface area contributed by atoms with Crippen molar-refractivity contribution in [3.8, 4) is 0 Å². The summed E-state index contributed by atoms with van der Waals surface area (Å²) in [6.07, 6.45) is 1.70. The van der Waals surface area contributed by atoms with E-state index in [1.54, 1.807) is 6.08 Å². The molecule has 0 bridgehead atoms. The van der Waals surface area contributed by atoms with Crippen molar-refractivity contribution in [3.05, 3.63) is 51.1 Å². The fourth-order valence-corrected chi connectivity index (χ4v) is 3.12. The van der Waals surface area contributed by atoms with Crippen LogP contribution in [0.1, 0.15) is 0 Å². The molecule has 0 heterocycles. The molecule has 0 unspecified atom stereocenters. The van der Waals surface area contributed by atoms with Crippen LogP contribution in [0.3, 0.4) is 0 Å². The van der Waals surface area contributed by atoms with Crippen LogP contribution in [-0.2, 0) is 42.6 Å². The summed E-state index contributed by atoms with van der Waals surface area (Å²) < 4.78 is 48.5. The van der Waals surface area contributed by atoms with E-state index in [-0.39, 0.29) is 23.7 Å². The van der Waals surface area contributed by atoms with Crippen molar-refractivity contribution in [2.75, 3.05) is 131 Å². The lowest BCUT2D eigenvalue weighted by Gasteiger charge is -2.09. The molecule has 1 aromatic carbocycles. The third-order valence-electron chi connectivity index (χ3n) is 5.16. The number of ether oxygens (including phenoxy) is 9. The zero-order valence-corrected chi connectivity index (χ0v) is 24.7. The average Bonchev–Trinajstić information content (AvgIpc) is 3.00. The van der Waals surface area contributed by atoms with E-state index in [0.717, 1.165) is 6.07 Å². The minimum absolute atomic E-state index is 0.187. The summed E-state index contributed by atoms with van der Waals surface area (Å²) in [7, 11) is 0. The summed E-state index contributed by atoms with van der Waals surface area (Å²) in [6.45, 7) is 12.1. The van der Waals surface area contributed by atoms with E-state index in [9.17, 15) is 20.2 Å². The van der Waals surface area contributed by atoms with Gasteiger partial charge in [0.15, 0.2) is 0 Å². The zero-order chi connectivity index (χ0) is 31.2. The highest BCUT2D eigenvalue weighted by atomic mass is 16.6. The van der Waals surface area contributed by atoms with Gasteiger partial charge in [-0.25, -0.2) is 0 Å². The van der Waals surface area contributed by atoms with Crippen LogP contribution in [0.15, 0.2) is 30.9 Å². The van der Waals surface area contributed by atoms with Crippen molar-refractivity contribution < 1.29 is 52.5 Å². The van der Waals surface area contributed by atoms with Gasteiger partial charge in [-0.15, -0.1) is 6.58 Å². The van der Waals surface area contributed by atoms with Crippen molar-refractivity contribution in [1.29, 1.82) is 0 Å². The predicted molar refractivity (Wildman–Crippen MR) is 156 cm³/mol. The number of non-ortho nitro benzene ring substituents is 1. The molecule has 0 spiro atoms. The van der Waals surface area contributed by atoms with E-state index in [4.69, 9.17) is 42.6 Å². The van der Waals surface area contributed by atoms with E-state index in [1.165, 1.54) is 12.1 Å².